The van der Waals surface area contributed by atoms with Gasteiger partial charge in [-0.3, -0.25) is 24.5 Å². The van der Waals surface area contributed by atoms with Gasteiger partial charge in [0.1, 0.15) is 5.82 Å². The van der Waals surface area contributed by atoms with E-state index in [0.29, 0.717) is 17.7 Å². The number of benzene rings is 2. The molecule has 0 saturated carbocycles. The average Bonchev–Trinajstić information content (AvgIpc) is 2.88. The molecule has 1 amide bonds. The molecule has 0 aliphatic heterocycles. The minimum absolute atomic E-state index is 0.213. The van der Waals surface area contributed by atoms with E-state index in [1.54, 1.807) is 61.9 Å². The van der Waals surface area contributed by atoms with Gasteiger partial charge in [-0.1, -0.05) is 39.8 Å². The van der Waals surface area contributed by atoms with Crippen molar-refractivity contribution in [2.45, 2.75) is 45.2 Å². The number of amides is 1. The van der Waals surface area contributed by atoms with Crippen molar-refractivity contribution in [3.63, 3.8) is 0 Å². The predicted octanol–water partition coefficient (Wildman–Crippen LogP) is 5.22. The third kappa shape index (κ3) is 8.25. The van der Waals surface area contributed by atoms with E-state index in [1.165, 1.54) is 12.1 Å². The van der Waals surface area contributed by atoms with Crippen molar-refractivity contribution in [3.8, 4) is 11.3 Å². The maximum absolute atomic E-state index is 13.3. The Hall–Kier alpha value is -3.51. The molecule has 0 aliphatic rings. The molecule has 3 rings (SSSR count). The first kappa shape index (κ1) is 28.1. The van der Waals surface area contributed by atoms with Crippen LogP contribution in [0, 0.1) is 11.7 Å². The fraction of sp³-hybridized carbons (Fsp3) is 0.321. The van der Waals surface area contributed by atoms with Crippen molar-refractivity contribution < 1.29 is 19.1 Å². The number of hydrogen-bond donors (Lipinski definition) is 2. The summed E-state index contributed by atoms with van der Waals surface area (Å²) in [6.07, 6.45) is 5.63. The van der Waals surface area contributed by atoms with Crippen molar-refractivity contribution in [3.05, 3.63) is 84.1 Å². The van der Waals surface area contributed by atoms with E-state index in [1.807, 2.05) is 20.5 Å². The monoisotopic (exact) mass is 522 g/mol. The zero-order chi connectivity index (χ0) is 27.0. The Morgan fingerprint density at radius 2 is 1.78 bits per heavy atom. The first-order chi connectivity index (χ1) is 17.6. The van der Waals surface area contributed by atoms with Crippen LogP contribution in [0.1, 0.15) is 43.1 Å². The zero-order valence-corrected chi connectivity index (χ0v) is 22.4. The molecule has 7 nitrogen and oxygen atoms in total. The van der Waals surface area contributed by atoms with Crippen molar-refractivity contribution >= 4 is 25.9 Å². The zero-order valence-electron chi connectivity index (χ0n) is 21.4. The van der Waals surface area contributed by atoms with Crippen molar-refractivity contribution in [1.29, 1.82) is 0 Å². The molecule has 0 saturated heterocycles. The van der Waals surface area contributed by atoms with Crippen LogP contribution in [0.4, 0.5) is 4.39 Å². The summed E-state index contributed by atoms with van der Waals surface area (Å²) in [6.45, 7) is 7.53. The number of rotatable bonds is 11. The molecule has 2 unspecified atom stereocenters. The molecular weight excluding hydrogens is 490 g/mol. The number of carbonyl (C=O) groups is 2. The lowest BCUT2D eigenvalue weighted by molar-refractivity contribution is -0.141. The number of nitrogens with zero attached hydrogens (tertiary/aromatic N) is 3. The number of carboxylic acids is 1. The Morgan fingerprint density at radius 3 is 2.35 bits per heavy atom. The SMILES string of the molecule is CPC(=NC(C)(C)Cc1ccc(F)cc1)[C@H](CC(C)C(=O)O)NC(=O)c1ccc(-c2cnccn2)cc1. The molecule has 2 N–H and O–H groups in total. The summed E-state index contributed by atoms with van der Waals surface area (Å²) in [5, 5.41) is 12.6. The number of aliphatic carboxylic acids is 1. The second-order valence-corrected chi connectivity index (χ2v) is 10.5. The highest BCUT2D eigenvalue weighted by Crippen LogP contribution is 2.25. The van der Waals surface area contributed by atoms with Crippen LogP contribution in [-0.2, 0) is 11.2 Å². The van der Waals surface area contributed by atoms with E-state index in [4.69, 9.17) is 4.99 Å². The fourth-order valence-electron chi connectivity index (χ4n) is 3.95. The smallest absolute Gasteiger partial charge is 0.306 e. The van der Waals surface area contributed by atoms with Gasteiger partial charge in [-0.15, -0.1) is 0 Å². The van der Waals surface area contributed by atoms with Gasteiger partial charge >= 0.3 is 5.97 Å². The molecule has 1 heterocycles. The van der Waals surface area contributed by atoms with Crippen LogP contribution >= 0.6 is 8.58 Å². The summed E-state index contributed by atoms with van der Waals surface area (Å²) in [6, 6.07) is 12.8. The van der Waals surface area contributed by atoms with Gasteiger partial charge in [0.25, 0.3) is 5.91 Å². The number of aromatic nitrogens is 2. The van der Waals surface area contributed by atoms with E-state index in [9.17, 15) is 19.1 Å². The second-order valence-electron chi connectivity index (χ2n) is 9.53. The van der Waals surface area contributed by atoms with Gasteiger partial charge in [0.15, 0.2) is 0 Å². The molecular formula is C28H32FN4O3P. The van der Waals surface area contributed by atoms with Crippen LogP contribution < -0.4 is 5.32 Å². The Labute approximate surface area is 218 Å². The van der Waals surface area contributed by atoms with Crippen LogP contribution in [0.15, 0.2) is 72.1 Å². The number of carboxylic acid groups (broad SMARTS) is 1. The largest absolute Gasteiger partial charge is 0.481 e. The maximum atomic E-state index is 13.3. The van der Waals surface area contributed by atoms with E-state index in [-0.39, 0.29) is 26.7 Å². The van der Waals surface area contributed by atoms with Crippen LogP contribution in [0.2, 0.25) is 0 Å². The van der Waals surface area contributed by atoms with Gasteiger partial charge in [0, 0.05) is 23.5 Å². The molecule has 0 radical (unpaired) electrons. The van der Waals surface area contributed by atoms with Gasteiger partial charge in [-0.2, -0.15) is 0 Å². The summed E-state index contributed by atoms with van der Waals surface area (Å²) in [5.74, 6) is -2.21. The van der Waals surface area contributed by atoms with Crippen molar-refractivity contribution in [2.75, 3.05) is 6.66 Å². The Morgan fingerprint density at radius 1 is 1.11 bits per heavy atom. The summed E-state index contributed by atoms with van der Waals surface area (Å²) in [5.41, 5.74) is 3.13. The van der Waals surface area contributed by atoms with Gasteiger partial charge in [-0.05, 0) is 63.2 Å². The number of aliphatic imine (C=N–C) groups is 1. The lowest BCUT2D eigenvalue weighted by Crippen LogP contribution is -2.42. The van der Waals surface area contributed by atoms with Crippen LogP contribution in [0.25, 0.3) is 11.3 Å². The molecule has 1 aromatic heterocycles. The van der Waals surface area contributed by atoms with Gasteiger partial charge in [0.05, 0.1) is 34.8 Å². The molecule has 2 aromatic carbocycles. The van der Waals surface area contributed by atoms with Crippen molar-refractivity contribution in [1.82, 2.24) is 15.3 Å². The van der Waals surface area contributed by atoms with E-state index in [2.05, 4.69) is 15.3 Å². The number of halogens is 1. The lowest BCUT2D eigenvalue weighted by atomic mass is 9.95. The molecule has 3 atom stereocenters. The van der Waals surface area contributed by atoms with Crippen molar-refractivity contribution in [2.24, 2.45) is 10.9 Å². The summed E-state index contributed by atoms with van der Waals surface area (Å²) < 4.78 is 13.3. The molecule has 0 fully saturated rings. The standard InChI is InChI=1S/C28H32FN4O3P/c1-18(27(35)36)15-23(26(37-4)33-28(2,3)16-19-5-11-22(29)12-6-19)32-25(34)21-9-7-20(8-10-21)24-17-30-13-14-31-24/h5-14,17-18,23,37H,15-16H2,1-4H3,(H,32,34)(H,35,36)/t18?,23-/m0/s1. The summed E-state index contributed by atoms with van der Waals surface area (Å²) in [7, 11) is 0.258. The number of nitrogens with one attached hydrogen (secondary N) is 1. The predicted molar refractivity (Wildman–Crippen MR) is 146 cm³/mol. The Kier molecular flexibility index (Phi) is 9.59. The quantitative estimate of drug-likeness (QED) is 0.265. The van der Waals surface area contributed by atoms with Crippen LogP contribution in [0.3, 0.4) is 0 Å². The molecule has 0 aliphatic carbocycles. The van der Waals surface area contributed by atoms with Gasteiger partial charge in [0.2, 0.25) is 0 Å². The first-order valence-corrected chi connectivity index (χ1v) is 13.5. The maximum Gasteiger partial charge on any atom is 0.306 e. The number of hydrogen-bond acceptors (Lipinski definition) is 5. The lowest BCUT2D eigenvalue weighted by Gasteiger charge is -2.27. The fourth-order valence-corrected chi connectivity index (χ4v) is 4.90. The molecule has 194 valence electrons. The molecule has 9 heteroatoms. The Bertz CT molecular complexity index is 1230. The summed E-state index contributed by atoms with van der Waals surface area (Å²) >= 11 is 0. The first-order valence-electron chi connectivity index (χ1n) is 12.0. The third-order valence-electron chi connectivity index (χ3n) is 5.88. The summed E-state index contributed by atoms with van der Waals surface area (Å²) in [4.78, 5) is 38.1. The average molecular weight is 523 g/mol. The molecule has 0 bridgehead atoms. The molecule has 3 aromatic rings. The van der Waals surface area contributed by atoms with E-state index >= 15 is 0 Å². The normalized spacial score (nSPS) is 13.9. The highest BCUT2D eigenvalue weighted by Gasteiger charge is 2.27. The van der Waals surface area contributed by atoms with E-state index < -0.39 is 23.5 Å². The second kappa shape index (κ2) is 12.6. The molecule has 37 heavy (non-hydrogen) atoms. The molecule has 0 spiro atoms. The Balaban J connectivity index is 1.83. The minimum atomic E-state index is -0.933. The highest BCUT2D eigenvalue weighted by atomic mass is 31.1. The van der Waals surface area contributed by atoms with Gasteiger partial charge < -0.3 is 10.4 Å². The highest BCUT2D eigenvalue weighted by molar-refractivity contribution is 7.57. The van der Waals surface area contributed by atoms with E-state index in [0.717, 1.165) is 16.6 Å². The number of carbonyl (C=O) groups excluding carboxylic acids is 1. The van der Waals surface area contributed by atoms with Crippen LogP contribution in [-0.4, -0.2) is 50.6 Å². The van der Waals surface area contributed by atoms with Gasteiger partial charge in [-0.25, -0.2) is 4.39 Å². The topological polar surface area (TPSA) is 105 Å². The minimum Gasteiger partial charge on any atom is -0.481 e. The third-order valence-corrected chi connectivity index (χ3v) is 6.85. The van der Waals surface area contributed by atoms with Crippen LogP contribution in [0.5, 0.6) is 0 Å².